The van der Waals surface area contributed by atoms with Crippen LogP contribution in [0.2, 0.25) is 0 Å². The Labute approximate surface area is 257 Å². The van der Waals surface area contributed by atoms with Gasteiger partial charge >= 0.3 is 0 Å². The molecular formula is C32H43FN6O3S. The highest BCUT2D eigenvalue weighted by Crippen LogP contribution is 2.25. The predicted molar refractivity (Wildman–Crippen MR) is 166 cm³/mol. The number of nitrogens with one attached hydrogen (secondary N) is 1. The minimum absolute atomic E-state index is 0.0271. The highest BCUT2D eigenvalue weighted by Gasteiger charge is 2.27. The number of hydrogen-bond acceptors (Lipinski definition) is 6. The topological polar surface area (TPSA) is 104 Å². The summed E-state index contributed by atoms with van der Waals surface area (Å²) in [6.07, 6.45) is 14.8. The SMILES string of the molecule is CCCCCCCCCCN1CCN(C(=O)Cn2cc(C(C)c3cn[nH]c3)c(=O)nc2SCc2ccc(F)cc2)CC1=O. The number of benzene rings is 1. The Kier molecular flexibility index (Phi) is 12.4. The second-order valence-corrected chi connectivity index (χ2v) is 12.2. The maximum Gasteiger partial charge on any atom is 0.277 e. The molecular weight excluding hydrogens is 567 g/mol. The van der Waals surface area contributed by atoms with Crippen LogP contribution in [0.25, 0.3) is 0 Å². The summed E-state index contributed by atoms with van der Waals surface area (Å²) < 4.78 is 15.1. The van der Waals surface area contributed by atoms with Gasteiger partial charge in [-0.1, -0.05) is 82.7 Å². The number of H-pyrrole nitrogens is 1. The number of hydrogen-bond donors (Lipinski definition) is 1. The van der Waals surface area contributed by atoms with Crippen molar-refractivity contribution in [2.45, 2.75) is 88.6 Å². The van der Waals surface area contributed by atoms with Crippen molar-refractivity contribution >= 4 is 23.6 Å². The fourth-order valence-corrected chi connectivity index (χ4v) is 6.18. The van der Waals surface area contributed by atoms with Gasteiger partial charge in [-0.15, -0.1) is 0 Å². The molecule has 0 spiro atoms. The molecule has 1 fully saturated rings. The van der Waals surface area contributed by atoms with E-state index in [0.717, 1.165) is 30.5 Å². The van der Waals surface area contributed by atoms with E-state index in [1.54, 1.807) is 40.2 Å². The molecule has 11 heteroatoms. The van der Waals surface area contributed by atoms with Crippen LogP contribution >= 0.6 is 11.8 Å². The zero-order valence-corrected chi connectivity index (χ0v) is 26.1. The van der Waals surface area contributed by atoms with Gasteiger partial charge in [0.15, 0.2) is 5.16 Å². The zero-order chi connectivity index (χ0) is 30.6. The first-order valence-corrected chi connectivity index (χ1v) is 16.4. The van der Waals surface area contributed by atoms with Crippen molar-refractivity contribution in [3.05, 3.63) is 75.7 Å². The van der Waals surface area contributed by atoms with Gasteiger partial charge in [0, 0.05) is 49.3 Å². The number of aromatic amines is 1. The Morgan fingerprint density at radius 2 is 1.77 bits per heavy atom. The van der Waals surface area contributed by atoms with Crippen molar-refractivity contribution < 1.29 is 14.0 Å². The van der Waals surface area contributed by atoms with Crippen LogP contribution in [0.1, 0.15) is 87.8 Å². The molecule has 0 aliphatic carbocycles. The fraction of sp³-hybridized carbons (Fsp3) is 0.531. The molecule has 1 aliphatic rings. The first-order chi connectivity index (χ1) is 20.9. The van der Waals surface area contributed by atoms with E-state index in [4.69, 9.17) is 0 Å². The van der Waals surface area contributed by atoms with Crippen LogP contribution in [-0.2, 0) is 21.9 Å². The second kappa shape index (κ2) is 16.4. The summed E-state index contributed by atoms with van der Waals surface area (Å²) in [6.45, 7) is 5.86. The summed E-state index contributed by atoms with van der Waals surface area (Å²) in [5.41, 5.74) is 1.78. The molecule has 232 valence electrons. The molecule has 1 aliphatic heterocycles. The van der Waals surface area contributed by atoms with Crippen LogP contribution in [-0.4, -0.2) is 67.5 Å². The first-order valence-electron chi connectivity index (χ1n) is 15.4. The highest BCUT2D eigenvalue weighted by molar-refractivity contribution is 7.98. The molecule has 4 rings (SSSR count). The van der Waals surface area contributed by atoms with E-state index in [1.165, 1.54) is 62.4 Å². The van der Waals surface area contributed by atoms with Gasteiger partial charge in [0.05, 0.1) is 12.7 Å². The van der Waals surface area contributed by atoms with Crippen LogP contribution in [0, 0.1) is 5.82 Å². The maximum atomic E-state index is 13.4. The van der Waals surface area contributed by atoms with Gasteiger partial charge in [-0.05, 0) is 29.7 Å². The molecule has 1 N–H and O–H groups in total. The smallest absolute Gasteiger partial charge is 0.277 e. The molecule has 2 amide bonds. The number of halogens is 1. The largest absolute Gasteiger partial charge is 0.339 e. The third-order valence-electron chi connectivity index (χ3n) is 8.01. The van der Waals surface area contributed by atoms with Crippen LogP contribution in [0.4, 0.5) is 4.39 Å². The molecule has 9 nitrogen and oxygen atoms in total. The third kappa shape index (κ3) is 9.51. The summed E-state index contributed by atoms with van der Waals surface area (Å²) in [5, 5.41) is 7.16. The van der Waals surface area contributed by atoms with Gasteiger partial charge in [0.2, 0.25) is 11.8 Å². The molecule has 43 heavy (non-hydrogen) atoms. The number of nitrogens with zero attached hydrogens (tertiary/aromatic N) is 5. The van der Waals surface area contributed by atoms with E-state index in [2.05, 4.69) is 22.1 Å². The zero-order valence-electron chi connectivity index (χ0n) is 25.3. The summed E-state index contributed by atoms with van der Waals surface area (Å²) >= 11 is 1.31. The number of thioether (sulfide) groups is 1. The van der Waals surface area contributed by atoms with Gasteiger partial charge in [0.25, 0.3) is 5.56 Å². The average molecular weight is 611 g/mol. The number of aromatic nitrogens is 4. The van der Waals surface area contributed by atoms with Crippen LogP contribution < -0.4 is 5.56 Å². The van der Waals surface area contributed by atoms with Gasteiger partial charge in [-0.2, -0.15) is 10.1 Å². The van der Waals surface area contributed by atoms with Gasteiger partial charge in [-0.3, -0.25) is 19.5 Å². The van der Waals surface area contributed by atoms with E-state index < -0.39 is 0 Å². The minimum atomic E-state index is -0.372. The Balaban J connectivity index is 1.38. The average Bonchev–Trinajstić information content (AvgIpc) is 3.55. The quantitative estimate of drug-likeness (QED) is 0.133. The minimum Gasteiger partial charge on any atom is -0.339 e. The molecule has 2 aromatic heterocycles. The lowest BCUT2D eigenvalue weighted by Gasteiger charge is -2.34. The Bertz CT molecular complexity index is 1380. The number of amides is 2. The molecule has 0 radical (unpaired) electrons. The van der Waals surface area contributed by atoms with Gasteiger partial charge in [-0.25, -0.2) is 4.39 Å². The lowest BCUT2D eigenvalue weighted by molar-refractivity contribution is -0.145. The molecule has 3 heterocycles. The van der Waals surface area contributed by atoms with Gasteiger partial charge in [0.1, 0.15) is 12.4 Å². The molecule has 1 saturated heterocycles. The number of piperazine rings is 1. The fourth-order valence-electron chi connectivity index (χ4n) is 5.27. The summed E-state index contributed by atoms with van der Waals surface area (Å²) in [7, 11) is 0. The molecule has 1 aromatic carbocycles. The maximum absolute atomic E-state index is 13.4. The number of carbonyl (C=O) groups excluding carboxylic acids is 2. The Hall–Kier alpha value is -3.47. The number of unbranched alkanes of at least 4 members (excludes halogenated alkanes) is 7. The van der Waals surface area contributed by atoms with E-state index in [1.807, 2.05) is 11.8 Å². The number of carbonyl (C=O) groups is 2. The predicted octanol–water partition coefficient (Wildman–Crippen LogP) is 5.36. The van der Waals surface area contributed by atoms with Crippen molar-refractivity contribution in [1.29, 1.82) is 0 Å². The van der Waals surface area contributed by atoms with Crippen molar-refractivity contribution in [2.75, 3.05) is 26.2 Å². The van der Waals surface area contributed by atoms with Crippen molar-refractivity contribution in [1.82, 2.24) is 29.5 Å². The van der Waals surface area contributed by atoms with E-state index >= 15 is 0 Å². The summed E-state index contributed by atoms with van der Waals surface area (Å²) in [5.74, 6) is -0.373. The molecule has 1 atom stereocenters. The standard InChI is InChI=1S/C32H43FN6O3S/c1-3-4-5-6-7-8-9-10-15-37-16-17-38(21-29(37)40)30(41)22-39-20-28(24(2)26-18-34-35-19-26)31(42)36-32(39)43-23-25-11-13-27(33)14-12-25/h11-14,18-20,24H,3-10,15-17,21-23H2,1-2H3,(H,34,35). The van der Waals surface area contributed by atoms with Crippen LogP contribution in [0.15, 0.2) is 52.8 Å². The third-order valence-corrected chi connectivity index (χ3v) is 9.07. The molecule has 1 unspecified atom stereocenters. The second-order valence-electron chi connectivity index (χ2n) is 11.3. The molecule has 0 saturated carbocycles. The Morgan fingerprint density at radius 1 is 1.05 bits per heavy atom. The van der Waals surface area contributed by atoms with Crippen molar-refractivity contribution in [2.24, 2.45) is 0 Å². The Morgan fingerprint density at radius 3 is 2.44 bits per heavy atom. The van der Waals surface area contributed by atoms with Crippen LogP contribution in [0.3, 0.4) is 0 Å². The summed E-state index contributed by atoms with van der Waals surface area (Å²) in [4.78, 5) is 47.2. The molecule has 0 bridgehead atoms. The molecule has 3 aromatic rings. The number of rotatable bonds is 16. The highest BCUT2D eigenvalue weighted by atomic mass is 32.2. The van der Waals surface area contributed by atoms with Gasteiger partial charge < -0.3 is 14.4 Å². The van der Waals surface area contributed by atoms with Crippen molar-refractivity contribution in [3.8, 4) is 0 Å². The lowest BCUT2D eigenvalue weighted by Crippen LogP contribution is -2.53. The first kappa shape index (κ1) is 32.4. The summed E-state index contributed by atoms with van der Waals surface area (Å²) in [6, 6.07) is 6.15. The van der Waals surface area contributed by atoms with E-state index in [9.17, 15) is 18.8 Å². The van der Waals surface area contributed by atoms with Crippen molar-refractivity contribution in [3.63, 3.8) is 0 Å². The lowest BCUT2D eigenvalue weighted by atomic mass is 9.98. The van der Waals surface area contributed by atoms with Crippen LogP contribution in [0.5, 0.6) is 0 Å². The van der Waals surface area contributed by atoms with E-state index in [0.29, 0.717) is 29.6 Å². The van der Waals surface area contributed by atoms with E-state index in [-0.39, 0.29) is 42.2 Å². The normalized spacial score (nSPS) is 14.3. The monoisotopic (exact) mass is 610 g/mol.